The Morgan fingerprint density at radius 1 is 1.58 bits per heavy atom. The number of aliphatic hydroxyl groups is 1. The second kappa shape index (κ2) is 5.97. The van der Waals surface area contributed by atoms with E-state index in [1.807, 2.05) is 0 Å². The standard InChI is InChI=1S/C13H19N3O3/c1-10-9-14-13(8-12(10)16(18)19)15-6-3-2-4-11(15)5-7-17/h8-9,11,17H,2-7H2,1H3. The highest BCUT2D eigenvalue weighted by molar-refractivity contribution is 5.51. The van der Waals surface area contributed by atoms with Gasteiger partial charge in [-0.15, -0.1) is 0 Å². The maximum Gasteiger partial charge on any atom is 0.277 e. The fourth-order valence-corrected chi connectivity index (χ4v) is 2.61. The smallest absolute Gasteiger partial charge is 0.277 e. The largest absolute Gasteiger partial charge is 0.396 e. The van der Waals surface area contributed by atoms with Crippen LogP contribution in [-0.2, 0) is 0 Å². The summed E-state index contributed by atoms with van der Waals surface area (Å²) in [5.74, 6) is 0.649. The first-order valence-corrected chi connectivity index (χ1v) is 6.62. The zero-order chi connectivity index (χ0) is 13.8. The summed E-state index contributed by atoms with van der Waals surface area (Å²) in [6, 6.07) is 1.78. The van der Waals surface area contributed by atoms with Gasteiger partial charge in [-0.05, 0) is 32.6 Å². The Hall–Kier alpha value is -1.69. The average molecular weight is 265 g/mol. The highest BCUT2D eigenvalue weighted by Gasteiger charge is 2.25. The Kier molecular flexibility index (Phi) is 4.31. The molecule has 104 valence electrons. The molecule has 1 aromatic heterocycles. The highest BCUT2D eigenvalue weighted by Crippen LogP contribution is 2.28. The first-order valence-electron chi connectivity index (χ1n) is 6.62. The Labute approximate surface area is 112 Å². The molecule has 1 aliphatic heterocycles. The second-order valence-corrected chi connectivity index (χ2v) is 4.94. The van der Waals surface area contributed by atoms with Gasteiger partial charge in [0.1, 0.15) is 5.82 Å². The molecular weight excluding hydrogens is 246 g/mol. The van der Waals surface area contributed by atoms with Crippen LogP contribution in [0.5, 0.6) is 0 Å². The third kappa shape index (κ3) is 3.01. The molecule has 0 saturated carbocycles. The molecule has 1 saturated heterocycles. The summed E-state index contributed by atoms with van der Waals surface area (Å²) in [6.45, 7) is 2.67. The van der Waals surface area contributed by atoms with Crippen LogP contribution in [0.1, 0.15) is 31.2 Å². The molecule has 19 heavy (non-hydrogen) atoms. The highest BCUT2D eigenvalue weighted by atomic mass is 16.6. The summed E-state index contributed by atoms with van der Waals surface area (Å²) in [6.07, 6.45) is 5.44. The van der Waals surface area contributed by atoms with E-state index in [0.717, 1.165) is 25.8 Å². The van der Waals surface area contributed by atoms with Crippen LogP contribution in [0.15, 0.2) is 12.3 Å². The molecule has 0 radical (unpaired) electrons. The van der Waals surface area contributed by atoms with E-state index in [9.17, 15) is 10.1 Å². The number of aromatic nitrogens is 1. The fourth-order valence-electron chi connectivity index (χ4n) is 2.61. The normalized spacial score (nSPS) is 19.5. The molecule has 1 unspecified atom stereocenters. The SMILES string of the molecule is Cc1cnc(N2CCCCC2CCO)cc1[N+](=O)[O-]. The van der Waals surface area contributed by atoms with Crippen molar-refractivity contribution in [3.8, 4) is 0 Å². The van der Waals surface area contributed by atoms with Crippen molar-refractivity contribution in [1.82, 2.24) is 4.98 Å². The van der Waals surface area contributed by atoms with Gasteiger partial charge in [-0.1, -0.05) is 0 Å². The van der Waals surface area contributed by atoms with E-state index in [4.69, 9.17) is 5.11 Å². The second-order valence-electron chi connectivity index (χ2n) is 4.94. The third-order valence-electron chi connectivity index (χ3n) is 3.64. The Bertz CT molecular complexity index is 462. The van der Waals surface area contributed by atoms with E-state index in [1.54, 1.807) is 19.2 Å². The Balaban J connectivity index is 2.28. The summed E-state index contributed by atoms with van der Waals surface area (Å²) < 4.78 is 0. The van der Waals surface area contributed by atoms with E-state index < -0.39 is 0 Å². The van der Waals surface area contributed by atoms with Crippen LogP contribution in [0.3, 0.4) is 0 Å². The van der Waals surface area contributed by atoms with Gasteiger partial charge >= 0.3 is 0 Å². The van der Waals surface area contributed by atoms with E-state index in [-0.39, 0.29) is 23.3 Å². The lowest BCUT2D eigenvalue weighted by atomic mass is 9.99. The van der Waals surface area contributed by atoms with E-state index in [1.165, 1.54) is 0 Å². The third-order valence-corrected chi connectivity index (χ3v) is 3.64. The predicted molar refractivity (Wildman–Crippen MR) is 72.3 cm³/mol. The van der Waals surface area contributed by atoms with E-state index in [0.29, 0.717) is 17.8 Å². The molecule has 6 heteroatoms. The number of anilines is 1. The monoisotopic (exact) mass is 265 g/mol. The average Bonchev–Trinajstić information content (AvgIpc) is 2.40. The molecule has 0 amide bonds. The van der Waals surface area contributed by atoms with Gasteiger partial charge in [0.05, 0.1) is 11.0 Å². The van der Waals surface area contributed by atoms with Gasteiger partial charge in [0, 0.05) is 31.0 Å². The molecule has 0 bridgehead atoms. The Morgan fingerprint density at radius 3 is 3.05 bits per heavy atom. The zero-order valence-corrected chi connectivity index (χ0v) is 11.1. The molecule has 0 aromatic carbocycles. The number of hydrogen-bond acceptors (Lipinski definition) is 5. The lowest BCUT2D eigenvalue weighted by Gasteiger charge is -2.36. The van der Waals surface area contributed by atoms with Crippen LogP contribution in [0.4, 0.5) is 11.5 Å². The van der Waals surface area contributed by atoms with Gasteiger partial charge in [0.2, 0.25) is 0 Å². The molecule has 1 aromatic rings. The minimum atomic E-state index is -0.370. The van der Waals surface area contributed by atoms with Crippen LogP contribution in [-0.4, -0.2) is 34.2 Å². The molecular formula is C13H19N3O3. The summed E-state index contributed by atoms with van der Waals surface area (Å²) in [7, 11) is 0. The first-order chi connectivity index (χ1) is 9.13. The molecule has 2 heterocycles. The van der Waals surface area contributed by atoms with Crippen LogP contribution >= 0.6 is 0 Å². The van der Waals surface area contributed by atoms with Crippen molar-refractivity contribution in [3.63, 3.8) is 0 Å². The molecule has 1 N–H and O–H groups in total. The van der Waals surface area contributed by atoms with Gasteiger partial charge in [-0.3, -0.25) is 10.1 Å². The van der Waals surface area contributed by atoms with Crippen LogP contribution < -0.4 is 4.90 Å². The summed E-state index contributed by atoms with van der Waals surface area (Å²) in [5.41, 5.74) is 0.683. The van der Waals surface area contributed by atoms with Crippen molar-refractivity contribution in [2.24, 2.45) is 0 Å². The molecule has 1 aliphatic rings. The van der Waals surface area contributed by atoms with Crippen molar-refractivity contribution in [2.45, 2.75) is 38.6 Å². The molecule has 0 aliphatic carbocycles. The molecule has 6 nitrogen and oxygen atoms in total. The van der Waals surface area contributed by atoms with Crippen molar-refractivity contribution in [2.75, 3.05) is 18.1 Å². The fraction of sp³-hybridized carbons (Fsp3) is 0.615. The van der Waals surface area contributed by atoms with Gasteiger partial charge in [-0.2, -0.15) is 0 Å². The molecule has 1 atom stereocenters. The summed E-state index contributed by atoms with van der Waals surface area (Å²) in [4.78, 5) is 17.0. The minimum Gasteiger partial charge on any atom is -0.396 e. The zero-order valence-electron chi connectivity index (χ0n) is 11.1. The number of pyridine rings is 1. The Morgan fingerprint density at radius 2 is 2.37 bits per heavy atom. The summed E-state index contributed by atoms with van der Waals surface area (Å²) in [5, 5.41) is 20.1. The van der Waals surface area contributed by atoms with Gasteiger partial charge < -0.3 is 10.0 Å². The molecule has 2 rings (SSSR count). The van der Waals surface area contributed by atoms with Crippen LogP contribution in [0.2, 0.25) is 0 Å². The maximum atomic E-state index is 11.0. The molecule has 1 fully saturated rings. The topological polar surface area (TPSA) is 79.5 Å². The van der Waals surface area contributed by atoms with Crippen LogP contribution in [0, 0.1) is 17.0 Å². The van der Waals surface area contributed by atoms with Gasteiger partial charge in [-0.25, -0.2) is 4.98 Å². The number of nitro groups is 1. The van der Waals surface area contributed by atoms with Crippen LogP contribution in [0.25, 0.3) is 0 Å². The summed E-state index contributed by atoms with van der Waals surface area (Å²) >= 11 is 0. The minimum absolute atomic E-state index is 0.110. The predicted octanol–water partition coefficient (Wildman–Crippen LogP) is 2.04. The van der Waals surface area contributed by atoms with Crippen molar-refractivity contribution in [3.05, 3.63) is 27.9 Å². The van der Waals surface area contributed by atoms with Gasteiger partial charge in [0.25, 0.3) is 5.69 Å². The number of rotatable bonds is 4. The number of piperidine rings is 1. The number of hydrogen-bond donors (Lipinski definition) is 1. The quantitative estimate of drug-likeness (QED) is 0.665. The first kappa shape index (κ1) is 13.7. The number of aryl methyl sites for hydroxylation is 1. The van der Waals surface area contributed by atoms with Gasteiger partial charge in [0.15, 0.2) is 0 Å². The van der Waals surface area contributed by atoms with E-state index >= 15 is 0 Å². The van der Waals surface area contributed by atoms with Crippen molar-refractivity contribution in [1.29, 1.82) is 0 Å². The number of nitrogens with zero attached hydrogens (tertiary/aromatic N) is 3. The van der Waals surface area contributed by atoms with Crippen molar-refractivity contribution >= 4 is 11.5 Å². The lowest BCUT2D eigenvalue weighted by molar-refractivity contribution is -0.385. The van der Waals surface area contributed by atoms with Crippen molar-refractivity contribution < 1.29 is 10.0 Å². The number of aliphatic hydroxyl groups excluding tert-OH is 1. The maximum absolute atomic E-state index is 11.0. The molecule has 0 spiro atoms. The van der Waals surface area contributed by atoms with E-state index in [2.05, 4.69) is 9.88 Å². The lowest BCUT2D eigenvalue weighted by Crippen LogP contribution is -2.40.